The SMILES string of the molecule is CC(C)C(=O)N1CC2CC(O)CN2C2(CN(CCc3ccccc3)C2)C1. The van der Waals surface area contributed by atoms with Crippen molar-refractivity contribution in [2.45, 2.75) is 44.4 Å². The summed E-state index contributed by atoms with van der Waals surface area (Å²) < 4.78 is 0. The van der Waals surface area contributed by atoms with Crippen LogP contribution in [0.4, 0.5) is 0 Å². The van der Waals surface area contributed by atoms with Gasteiger partial charge in [-0.25, -0.2) is 0 Å². The number of aliphatic hydroxyl groups is 1. The largest absolute Gasteiger partial charge is 0.392 e. The van der Waals surface area contributed by atoms with Gasteiger partial charge in [0.15, 0.2) is 0 Å². The van der Waals surface area contributed by atoms with Crippen molar-refractivity contribution in [1.29, 1.82) is 0 Å². The maximum atomic E-state index is 12.6. The van der Waals surface area contributed by atoms with Crippen molar-refractivity contribution in [2.75, 3.05) is 39.3 Å². The minimum Gasteiger partial charge on any atom is -0.392 e. The number of β-amino-alcohol motifs (C(OH)–C–C–N with tert-alkyl or cyclic N) is 1. The molecule has 1 N–H and O–H groups in total. The average Bonchev–Trinajstić information content (AvgIpc) is 2.98. The summed E-state index contributed by atoms with van der Waals surface area (Å²) in [6, 6.07) is 10.9. The number of benzene rings is 1. The summed E-state index contributed by atoms with van der Waals surface area (Å²) in [5.41, 5.74) is 1.42. The zero-order valence-corrected chi connectivity index (χ0v) is 16.0. The number of rotatable bonds is 4. The Morgan fingerprint density at radius 1 is 1.19 bits per heavy atom. The molecule has 1 amide bonds. The quantitative estimate of drug-likeness (QED) is 0.880. The van der Waals surface area contributed by atoms with Crippen LogP contribution in [0.1, 0.15) is 25.8 Å². The molecule has 3 heterocycles. The summed E-state index contributed by atoms with van der Waals surface area (Å²) in [7, 11) is 0. The summed E-state index contributed by atoms with van der Waals surface area (Å²) >= 11 is 0. The lowest BCUT2D eigenvalue weighted by Gasteiger charge is -2.61. The van der Waals surface area contributed by atoms with Crippen molar-refractivity contribution in [3.8, 4) is 0 Å². The first-order valence-corrected chi connectivity index (χ1v) is 9.97. The summed E-state index contributed by atoms with van der Waals surface area (Å²) in [5.74, 6) is 0.298. The van der Waals surface area contributed by atoms with E-state index in [1.54, 1.807) is 0 Å². The first kappa shape index (κ1) is 18.0. The Morgan fingerprint density at radius 2 is 1.92 bits per heavy atom. The Bertz CT molecular complexity index is 642. The van der Waals surface area contributed by atoms with Gasteiger partial charge >= 0.3 is 0 Å². The normalized spacial score (nSPS) is 28.4. The molecule has 0 bridgehead atoms. The van der Waals surface area contributed by atoms with Crippen LogP contribution < -0.4 is 0 Å². The summed E-state index contributed by atoms with van der Waals surface area (Å²) in [4.78, 5) is 19.7. The number of hydrogen-bond acceptors (Lipinski definition) is 4. The molecular weight excluding hydrogens is 326 g/mol. The second-order valence-electron chi connectivity index (χ2n) is 8.74. The average molecular weight is 357 g/mol. The monoisotopic (exact) mass is 357 g/mol. The van der Waals surface area contributed by atoms with Crippen LogP contribution in [-0.4, -0.2) is 82.7 Å². The van der Waals surface area contributed by atoms with Crippen LogP contribution in [-0.2, 0) is 11.2 Å². The minimum absolute atomic E-state index is 0.0409. The molecule has 0 aliphatic carbocycles. The highest BCUT2D eigenvalue weighted by Gasteiger charge is 2.56. The highest BCUT2D eigenvalue weighted by molar-refractivity contribution is 5.78. The Kier molecular flexibility index (Phi) is 4.80. The molecule has 5 heteroatoms. The zero-order valence-electron chi connectivity index (χ0n) is 16.0. The van der Waals surface area contributed by atoms with Gasteiger partial charge < -0.3 is 10.0 Å². The number of fused-ring (bicyclic) bond motifs is 2. The fourth-order valence-corrected chi connectivity index (χ4v) is 5.10. The van der Waals surface area contributed by atoms with Gasteiger partial charge in [-0.3, -0.25) is 14.6 Å². The van der Waals surface area contributed by atoms with Gasteiger partial charge in [0.05, 0.1) is 11.6 Å². The van der Waals surface area contributed by atoms with Crippen LogP contribution in [0.5, 0.6) is 0 Å². The van der Waals surface area contributed by atoms with Crippen molar-refractivity contribution in [2.24, 2.45) is 5.92 Å². The van der Waals surface area contributed by atoms with Crippen LogP contribution in [0.3, 0.4) is 0 Å². The lowest BCUT2D eigenvalue weighted by molar-refractivity contribution is -0.152. The standard InChI is InChI=1S/C21H31N3O2/c1-16(2)20(26)23-11-18-10-19(25)12-24(18)21(15-23)13-22(14-21)9-8-17-6-4-3-5-7-17/h3-7,16,18-19,25H,8-15H2,1-2H3. The van der Waals surface area contributed by atoms with Crippen LogP contribution in [0, 0.1) is 5.92 Å². The van der Waals surface area contributed by atoms with Crippen LogP contribution in [0.25, 0.3) is 0 Å². The molecule has 26 heavy (non-hydrogen) atoms. The molecule has 0 saturated carbocycles. The number of carbonyl (C=O) groups excluding carboxylic acids is 1. The van der Waals surface area contributed by atoms with E-state index in [1.807, 2.05) is 13.8 Å². The van der Waals surface area contributed by atoms with Gasteiger partial charge in [0, 0.05) is 51.2 Å². The highest BCUT2D eigenvalue weighted by atomic mass is 16.3. The van der Waals surface area contributed by atoms with Crippen molar-refractivity contribution in [3.05, 3.63) is 35.9 Å². The summed E-state index contributed by atoms with van der Waals surface area (Å²) in [6.45, 7) is 9.40. The first-order valence-electron chi connectivity index (χ1n) is 9.97. The van der Waals surface area contributed by atoms with Gasteiger partial charge in [0.2, 0.25) is 5.91 Å². The van der Waals surface area contributed by atoms with Crippen LogP contribution in [0.2, 0.25) is 0 Å². The van der Waals surface area contributed by atoms with Crippen LogP contribution in [0.15, 0.2) is 30.3 Å². The van der Waals surface area contributed by atoms with Gasteiger partial charge in [0.1, 0.15) is 0 Å². The summed E-state index contributed by atoms with van der Waals surface area (Å²) in [6.07, 6.45) is 1.62. The predicted octanol–water partition coefficient (Wildman–Crippen LogP) is 1.22. The molecule has 3 saturated heterocycles. The van der Waals surface area contributed by atoms with E-state index in [9.17, 15) is 9.90 Å². The molecule has 0 radical (unpaired) electrons. The van der Waals surface area contributed by atoms with Crippen molar-refractivity contribution in [3.63, 3.8) is 0 Å². The lowest BCUT2D eigenvalue weighted by Crippen LogP contribution is -2.78. The zero-order chi connectivity index (χ0) is 18.3. The molecule has 1 aromatic carbocycles. The molecular formula is C21H31N3O2. The minimum atomic E-state index is -0.246. The van der Waals surface area contributed by atoms with Crippen LogP contribution >= 0.6 is 0 Å². The van der Waals surface area contributed by atoms with E-state index >= 15 is 0 Å². The third-order valence-electron chi connectivity index (χ3n) is 6.32. The van der Waals surface area contributed by atoms with Gasteiger partial charge in [-0.1, -0.05) is 44.2 Å². The molecule has 1 aromatic rings. The van der Waals surface area contributed by atoms with E-state index in [0.29, 0.717) is 6.04 Å². The second kappa shape index (κ2) is 6.95. The number of nitrogens with zero attached hydrogens (tertiary/aromatic N) is 3. The molecule has 3 fully saturated rings. The molecule has 5 nitrogen and oxygen atoms in total. The van der Waals surface area contributed by atoms with E-state index < -0.39 is 0 Å². The Balaban J connectivity index is 1.41. The Labute approximate surface area is 156 Å². The maximum Gasteiger partial charge on any atom is 0.225 e. The van der Waals surface area contributed by atoms with E-state index in [-0.39, 0.29) is 23.5 Å². The molecule has 0 aromatic heterocycles. The number of piperazine rings is 1. The maximum absolute atomic E-state index is 12.6. The van der Waals surface area contributed by atoms with Gasteiger partial charge in [-0.15, -0.1) is 0 Å². The van der Waals surface area contributed by atoms with Crippen molar-refractivity contribution < 1.29 is 9.90 Å². The number of likely N-dealkylation sites (tertiary alicyclic amines) is 1. The molecule has 1 spiro atoms. The van der Waals surface area contributed by atoms with Gasteiger partial charge in [-0.05, 0) is 18.4 Å². The smallest absolute Gasteiger partial charge is 0.225 e. The third kappa shape index (κ3) is 3.28. The van der Waals surface area contributed by atoms with E-state index in [1.165, 1.54) is 5.56 Å². The highest BCUT2D eigenvalue weighted by Crippen LogP contribution is 2.39. The molecule has 2 unspecified atom stereocenters. The number of hydrogen-bond donors (Lipinski definition) is 1. The second-order valence-corrected chi connectivity index (χ2v) is 8.74. The topological polar surface area (TPSA) is 47.0 Å². The molecule has 142 valence electrons. The third-order valence-corrected chi connectivity index (χ3v) is 6.32. The van der Waals surface area contributed by atoms with E-state index in [2.05, 4.69) is 45.0 Å². The predicted molar refractivity (Wildman–Crippen MR) is 102 cm³/mol. The van der Waals surface area contributed by atoms with Crippen molar-refractivity contribution >= 4 is 5.91 Å². The van der Waals surface area contributed by atoms with Crippen molar-refractivity contribution in [1.82, 2.24) is 14.7 Å². The molecule has 3 aliphatic heterocycles. The first-order chi connectivity index (χ1) is 12.5. The molecule has 2 atom stereocenters. The fraction of sp³-hybridized carbons (Fsp3) is 0.667. The fourth-order valence-electron chi connectivity index (χ4n) is 5.10. The number of aliphatic hydroxyl groups excluding tert-OH is 1. The summed E-state index contributed by atoms with van der Waals surface area (Å²) in [5, 5.41) is 10.2. The lowest BCUT2D eigenvalue weighted by atomic mass is 9.83. The number of carbonyl (C=O) groups is 1. The van der Waals surface area contributed by atoms with E-state index in [0.717, 1.165) is 52.1 Å². The number of amides is 1. The van der Waals surface area contributed by atoms with Gasteiger partial charge in [0.25, 0.3) is 0 Å². The molecule has 4 rings (SSSR count). The Morgan fingerprint density at radius 3 is 2.62 bits per heavy atom. The molecule has 3 aliphatic rings. The Hall–Kier alpha value is -1.43. The van der Waals surface area contributed by atoms with E-state index in [4.69, 9.17) is 0 Å². The van der Waals surface area contributed by atoms with Gasteiger partial charge in [-0.2, -0.15) is 0 Å².